The highest BCUT2D eigenvalue weighted by Gasteiger charge is 2.31. The number of ether oxygens (including phenoxy) is 1. The molecule has 6 nitrogen and oxygen atoms in total. The van der Waals surface area contributed by atoms with Crippen molar-refractivity contribution in [1.82, 2.24) is 9.97 Å². The zero-order valence-electron chi connectivity index (χ0n) is 14.2. The van der Waals surface area contributed by atoms with Gasteiger partial charge in [0.05, 0.1) is 0 Å². The molecule has 0 spiro atoms. The van der Waals surface area contributed by atoms with E-state index in [0.717, 1.165) is 5.39 Å². The fourth-order valence-electron chi connectivity index (χ4n) is 2.87. The number of nitrogens with zero attached hydrogens (tertiary/aromatic N) is 1. The summed E-state index contributed by atoms with van der Waals surface area (Å²) in [5.41, 5.74) is 2.42. The molecule has 1 aliphatic heterocycles. The number of Topliss-reactive ketones (excluding diaryl/α,β-unsaturated/α-hetero) is 1. The predicted molar refractivity (Wildman–Crippen MR) is 98.0 cm³/mol. The Labute approximate surface area is 153 Å². The third-order valence-corrected chi connectivity index (χ3v) is 4.25. The van der Waals surface area contributed by atoms with Crippen molar-refractivity contribution >= 4 is 34.9 Å². The maximum Gasteiger partial charge on any atom is 0.236 e. The molecule has 3 aromatic rings. The zero-order valence-corrected chi connectivity index (χ0v) is 14.2. The highest BCUT2D eigenvalue weighted by Crippen LogP contribution is 2.29. The number of nitrogens with one attached hydrogen (secondary N) is 2. The molecule has 3 heterocycles. The molecule has 7 heteroatoms. The zero-order chi connectivity index (χ0) is 19.0. The lowest BCUT2D eigenvalue weighted by atomic mass is 10.1. The molecule has 2 N–H and O–H groups in total. The van der Waals surface area contributed by atoms with Crippen molar-refractivity contribution in [2.24, 2.45) is 0 Å². The van der Waals surface area contributed by atoms with Crippen molar-refractivity contribution < 1.29 is 18.7 Å². The lowest BCUT2D eigenvalue weighted by molar-refractivity contribution is -0.115. The Balaban J connectivity index is 1.67. The van der Waals surface area contributed by atoms with Gasteiger partial charge in [-0.3, -0.25) is 9.59 Å². The van der Waals surface area contributed by atoms with Gasteiger partial charge in [-0.25, -0.2) is 9.37 Å². The first-order valence-corrected chi connectivity index (χ1v) is 8.16. The van der Waals surface area contributed by atoms with E-state index in [1.54, 1.807) is 31.5 Å². The Morgan fingerprint density at radius 1 is 1.30 bits per heavy atom. The number of aldehydes is 1. The number of ketones is 1. The van der Waals surface area contributed by atoms with Crippen LogP contribution < -0.4 is 5.32 Å². The number of allylic oxidation sites excluding steroid dienone is 1. The van der Waals surface area contributed by atoms with Gasteiger partial charge < -0.3 is 15.0 Å². The van der Waals surface area contributed by atoms with Crippen LogP contribution in [-0.2, 0) is 14.3 Å². The minimum absolute atomic E-state index is 0.0177. The number of carbonyl (C=O) groups is 2. The predicted octanol–water partition coefficient (Wildman–Crippen LogP) is 3.47. The Hall–Kier alpha value is -3.74. The molecule has 0 radical (unpaired) electrons. The van der Waals surface area contributed by atoms with E-state index < -0.39 is 5.78 Å². The van der Waals surface area contributed by atoms with Gasteiger partial charge in [0.25, 0.3) is 0 Å². The van der Waals surface area contributed by atoms with Crippen LogP contribution in [0.5, 0.6) is 0 Å². The normalized spacial score (nSPS) is 15.5. The molecule has 0 amide bonds. The number of anilines is 1. The maximum absolute atomic E-state index is 13.3. The average molecular weight is 363 g/mol. The number of rotatable bonds is 4. The largest absolute Gasteiger partial charge is 0.436 e. The molecule has 134 valence electrons. The smallest absolute Gasteiger partial charge is 0.236 e. The molecule has 0 fully saturated rings. The Kier molecular flexibility index (Phi) is 4.04. The van der Waals surface area contributed by atoms with Crippen LogP contribution in [0.15, 0.2) is 59.9 Å². The number of carbonyl (C=O) groups excluding carboxylic acids is 2. The standard InChI is InChI=1S/C20H14FN3O3/c1-11-7-13(21)4-5-16(11)24-20-15(10-25)18(26)17(27-20)8-12-9-23-19-14(12)3-2-6-22-19/h2-10,24H,1H3,(H,22,23)/b17-8-. The number of fused-ring (bicyclic) bond motifs is 1. The fraction of sp³-hybridized carbons (Fsp3) is 0.0500. The molecule has 0 unspecified atom stereocenters. The quantitative estimate of drug-likeness (QED) is 0.421. The molecule has 0 atom stereocenters. The molecule has 2 aromatic heterocycles. The fourth-order valence-corrected chi connectivity index (χ4v) is 2.87. The first-order chi connectivity index (χ1) is 13.1. The summed E-state index contributed by atoms with van der Waals surface area (Å²) in [6, 6.07) is 7.79. The summed E-state index contributed by atoms with van der Waals surface area (Å²) >= 11 is 0. The van der Waals surface area contributed by atoms with Crippen molar-refractivity contribution in [2.75, 3.05) is 5.32 Å². The summed E-state index contributed by atoms with van der Waals surface area (Å²) in [4.78, 5) is 31.1. The molecule has 0 saturated heterocycles. The van der Waals surface area contributed by atoms with E-state index in [1.807, 2.05) is 6.07 Å². The van der Waals surface area contributed by atoms with E-state index in [0.29, 0.717) is 28.7 Å². The Bertz CT molecular complexity index is 1140. The van der Waals surface area contributed by atoms with Crippen molar-refractivity contribution in [3.63, 3.8) is 0 Å². The molecule has 27 heavy (non-hydrogen) atoms. The average Bonchev–Trinajstić information content (AvgIpc) is 3.19. The van der Waals surface area contributed by atoms with Crippen molar-refractivity contribution in [1.29, 1.82) is 0 Å². The minimum Gasteiger partial charge on any atom is -0.436 e. The lowest BCUT2D eigenvalue weighted by Gasteiger charge is -2.10. The molecule has 0 bridgehead atoms. The third-order valence-electron chi connectivity index (χ3n) is 4.25. The van der Waals surface area contributed by atoms with E-state index in [2.05, 4.69) is 15.3 Å². The van der Waals surface area contributed by atoms with Gasteiger partial charge in [0.2, 0.25) is 11.7 Å². The second-order valence-electron chi connectivity index (χ2n) is 6.03. The van der Waals surface area contributed by atoms with Crippen LogP contribution in [-0.4, -0.2) is 22.0 Å². The molecular weight excluding hydrogens is 349 g/mol. The first-order valence-electron chi connectivity index (χ1n) is 8.16. The number of halogens is 1. The second kappa shape index (κ2) is 6.53. The molecule has 1 aromatic carbocycles. The third kappa shape index (κ3) is 2.99. The summed E-state index contributed by atoms with van der Waals surface area (Å²) in [6.45, 7) is 1.71. The van der Waals surface area contributed by atoms with Gasteiger partial charge in [-0.05, 0) is 48.9 Å². The van der Waals surface area contributed by atoms with Crippen LogP contribution in [0.3, 0.4) is 0 Å². The number of pyridine rings is 1. The minimum atomic E-state index is -0.523. The summed E-state index contributed by atoms with van der Waals surface area (Å²) in [6.07, 6.45) is 5.36. The van der Waals surface area contributed by atoms with Crippen LogP contribution in [0, 0.1) is 12.7 Å². The highest BCUT2D eigenvalue weighted by atomic mass is 19.1. The Morgan fingerprint density at radius 2 is 2.15 bits per heavy atom. The van der Waals surface area contributed by atoms with E-state index >= 15 is 0 Å². The van der Waals surface area contributed by atoms with E-state index in [9.17, 15) is 14.0 Å². The number of aromatic amines is 1. The summed E-state index contributed by atoms with van der Waals surface area (Å²) in [7, 11) is 0. The number of hydrogen-bond acceptors (Lipinski definition) is 5. The lowest BCUT2D eigenvalue weighted by Crippen LogP contribution is -2.04. The van der Waals surface area contributed by atoms with Gasteiger partial charge in [-0.1, -0.05) is 0 Å². The number of aromatic nitrogens is 2. The SMILES string of the molecule is Cc1cc(F)ccc1NC1=C(C=O)C(=O)/C(=C/c2c[nH]c3ncccc23)O1. The molecule has 4 rings (SSSR count). The van der Waals surface area contributed by atoms with Gasteiger partial charge in [0.1, 0.15) is 17.0 Å². The number of H-pyrrole nitrogens is 1. The van der Waals surface area contributed by atoms with Crippen LogP contribution in [0.4, 0.5) is 10.1 Å². The number of aryl methyl sites for hydroxylation is 1. The second-order valence-corrected chi connectivity index (χ2v) is 6.03. The molecule has 0 saturated carbocycles. The highest BCUT2D eigenvalue weighted by molar-refractivity contribution is 6.23. The van der Waals surface area contributed by atoms with E-state index in [-0.39, 0.29) is 23.0 Å². The van der Waals surface area contributed by atoms with Crippen molar-refractivity contribution in [2.45, 2.75) is 6.92 Å². The summed E-state index contributed by atoms with van der Waals surface area (Å²) in [5.74, 6) is -0.858. The van der Waals surface area contributed by atoms with Crippen LogP contribution in [0.1, 0.15) is 11.1 Å². The molecule has 0 aliphatic carbocycles. The molecule has 1 aliphatic rings. The van der Waals surface area contributed by atoms with Crippen molar-refractivity contribution in [3.05, 3.63) is 76.9 Å². The van der Waals surface area contributed by atoms with Gasteiger partial charge in [-0.2, -0.15) is 0 Å². The van der Waals surface area contributed by atoms with Crippen LogP contribution >= 0.6 is 0 Å². The summed E-state index contributed by atoms with van der Waals surface area (Å²) < 4.78 is 18.9. The van der Waals surface area contributed by atoms with Crippen LogP contribution in [0.25, 0.3) is 17.1 Å². The van der Waals surface area contributed by atoms with Crippen molar-refractivity contribution in [3.8, 4) is 0 Å². The number of hydrogen-bond donors (Lipinski definition) is 2. The van der Waals surface area contributed by atoms with Crippen LogP contribution in [0.2, 0.25) is 0 Å². The Morgan fingerprint density at radius 3 is 2.93 bits per heavy atom. The van der Waals surface area contributed by atoms with Gasteiger partial charge in [-0.15, -0.1) is 0 Å². The summed E-state index contributed by atoms with van der Waals surface area (Å²) in [5, 5.41) is 3.72. The van der Waals surface area contributed by atoms with E-state index in [1.165, 1.54) is 18.2 Å². The molecular formula is C20H14FN3O3. The van der Waals surface area contributed by atoms with Gasteiger partial charge in [0.15, 0.2) is 12.0 Å². The first kappa shape index (κ1) is 16.7. The topological polar surface area (TPSA) is 84.1 Å². The van der Waals surface area contributed by atoms with Gasteiger partial charge in [0, 0.05) is 29.0 Å². The van der Waals surface area contributed by atoms with E-state index in [4.69, 9.17) is 4.74 Å². The van der Waals surface area contributed by atoms with Gasteiger partial charge >= 0.3 is 0 Å². The monoisotopic (exact) mass is 363 g/mol. The maximum atomic E-state index is 13.3. The number of benzene rings is 1.